The molecule has 1 heterocycles. The summed E-state index contributed by atoms with van der Waals surface area (Å²) in [7, 11) is -2.44. The standard InChI is InChI=1S/C17H15N3O5S2/c1-24-13-6-8-15(9-7-13)27(22,23)25-14-4-2-12(3-5-14)10-18-20-17-19-16(21)11-26-17/h2-10H,11H2,1H3,(H,19,20,21). The summed E-state index contributed by atoms with van der Waals surface area (Å²) in [5, 5.41) is 10.8. The first kappa shape index (κ1) is 18.9. The van der Waals surface area contributed by atoms with Gasteiger partial charge in [0.15, 0.2) is 5.17 Å². The molecule has 1 aliphatic heterocycles. The van der Waals surface area contributed by atoms with Crippen LogP contribution in [0.25, 0.3) is 0 Å². The van der Waals surface area contributed by atoms with Gasteiger partial charge in [0.1, 0.15) is 16.4 Å². The maximum atomic E-state index is 12.3. The van der Waals surface area contributed by atoms with Crippen LogP contribution in [0.2, 0.25) is 0 Å². The van der Waals surface area contributed by atoms with Crippen molar-refractivity contribution in [2.75, 3.05) is 12.9 Å². The quantitative estimate of drug-likeness (QED) is 0.448. The fraction of sp³-hybridized carbons (Fsp3) is 0.118. The highest BCUT2D eigenvalue weighted by molar-refractivity contribution is 8.15. The van der Waals surface area contributed by atoms with Crippen LogP contribution < -0.4 is 14.2 Å². The third-order valence-electron chi connectivity index (χ3n) is 3.38. The van der Waals surface area contributed by atoms with Crippen molar-refractivity contribution in [3.8, 4) is 11.5 Å². The van der Waals surface area contributed by atoms with Crippen LogP contribution >= 0.6 is 11.8 Å². The van der Waals surface area contributed by atoms with Crippen molar-refractivity contribution >= 4 is 39.2 Å². The van der Waals surface area contributed by atoms with E-state index in [0.29, 0.717) is 22.2 Å². The summed E-state index contributed by atoms with van der Waals surface area (Å²) < 4.78 is 34.7. The van der Waals surface area contributed by atoms with Gasteiger partial charge >= 0.3 is 10.1 Å². The maximum absolute atomic E-state index is 12.3. The summed E-state index contributed by atoms with van der Waals surface area (Å²) in [5.74, 6) is 0.960. The van der Waals surface area contributed by atoms with Gasteiger partial charge in [0.25, 0.3) is 0 Å². The highest BCUT2D eigenvalue weighted by Gasteiger charge is 2.17. The van der Waals surface area contributed by atoms with E-state index in [1.54, 1.807) is 24.3 Å². The first-order valence-electron chi connectivity index (χ1n) is 7.68. The van der Waals surface area contributed by atoms with E-state index in [4.69, 9.17) is 8.92 Å². The van der Waals surface area contributed by atoms with Crippen molar-refractivity contribution < 1.29 is 22.1 Å². The van der Waals surface area contributed by atoms with Crippen LogP contribution in [-0.2, 0) is 14.9 Å². The summed E-state index contributed by atoms with van der Waals surface area (Å²) in [4.78, 5) is 11.1. The molecule has 1 N–H and O–H groups in total. The van der Waals surface area contributed by atoms with Gasteiger partial charge in [-0.2, -0.15) is 13.5 Å². The number of benzene rings is 2. The Kier molecular flexibility index (Phi) is 5.77. The molecule has 0 spiro atoms. The Morgan fingerprint density at radius 2 is 1.74 bits per heavy atom. The van der Waals surface area contributed by atoms with Crippen molar-refractivity contribution in [2.24, 2.45) is 10.2 Å². The van der Waals surface area contributed by atoms with Crippen molar-refractivity contribution in [1.82, 2.24) is 5.32 Å². The fourth-order valence-electron chi connectivity index (χ4n) is 2.05. The second-order valence-corrected chi connectivity index (χ2v) is 7.78. The molecule has 140 valence electrons. The lowest BCUT2D eigenvalue weighted by Crippen LogP contribution is -2.19. The first-order valence-corrected chi connectivity index (χ1v) is 10.1. The van der Waals surface area contributed by atoms with Crippen LogP contribution in [0.1, 0.15) is 5.56 Å². The number of hydrogen-bond acceptors (Lipinski definition) is 8. The van der Waals surface area contributed by atoms with Crippen LogP contribution in [-0.4, -0.2) is 38.6 Å². The van der Waals surface area contributed by atoms with E-state index < -0.39 is 10.1 Å². The monoisotopic (exact) mass is 405 g/mol. The molecule has 2 aromatic rings. The van der Waals surface area contributed by atoms with Gasteiger partial charge < -0.3 is 14.2 Å². The Bertz CT molecular complexity index is 984. The molecular formula is C17H15N3O5S2. The van der Waals surface area contributed by atoms with Crippen molar-refractivity contribution in [3.05, 3.63) is 54.1 Å². The fourth-order valence-corrected chi connectivity index (χ4v) is 3.61. The topological polar surface area (TPSA) is 106 Å². The third-order valence-corrected chi connectivity index (χ3v) is 5.50. The van der Waals surface area contributed by atoms with Crippen LogP contribution in [0.5, 0.6) is 11.5 Å². The number of ether oxygens (including phenoxy) is 1. The summed E-state index contributed by atoms with van der Waals surface area (Å²) in [5.41, 5.74) is 0.697. The van der Waals surface area contributed by atoms with Gasteiger partial charge in [-0.15, -0.1) is 5.10 Å². The number of nitrogens with one attached hydrogen (secondary N) is 1. The Balaban J connectivity index is 1.65. The molecule has 0 radical (unpaired) electrons. The number of carbonyl (C=O) groups is 1. The first-order chi connectivity index (χ1) is 13.0. The van der Waals surface area contributed by atoms with Crippen LogP contribution in [0, 0.1) is 0 Å². The molecule has 1 aliphatic rings. The number of carbonyl (C=O) groups excluding carboxylic acids is 1. The van der Waals surface area contributed by atoms with E-state index in [9.17, 15) is 13.2 Å². The van der Waals surface area contributed by atoms with Gasteiger partial charge in [0.05, 0.1) is 19.1 Å². The molecule has 2 aromatic carbocycles. The van der Waals surface area contributed by atoms with Gasteiger partial charge in [-0.3, -0.25) is 4.79 Å². The van der Waals surface area contributed by atoms with Crippen molar-refractivity contribution in [1.29, 1.82) is 0 Å². The highest BCUT2D eigenvalue weighted by atomic mass is 32.2. The molecule has 0 aliphatic carbocycles. The highest BCUT2D eigenvalue weighted by Crippen LogP contribution is 2.21. The Morgan fingerprint density at radius 1 is 1.07 bits per heavy atom. The molecule has 0 aromatic heterocycles. The minimum Gasteiger partial charge on any atom is -0.497 e. The summed E-state index contributed by atoms with van der Waals surface area (Å²) >= 11 is 1.28. The number of methoxy groups -OCH3 is 1. The number of hydrogen-bond donors (Lipinski definition) is 1. The van der Waals surface area contributed by atoms with E-state index in [-0.39, 0.29) is 16.6 Å². The molecule has 3 rings (SSSR count). The second-order valence-electron chi connectivity index (χ2n) is 5.27. The second kappa shape index (κ2) is 8.23. The minimum atomic E-state index is -3.94. The van der Waals surface area contributed by atoms with Crippen molar-refractivity contribution in [2.45, 2.75) is 4.90 Å². The Labute approximate surface area is 160 Å². The van der Waals surface area contributed by atoms with E-state index >= 15 is 0 Å². The SMILES string of the molecule is COc1ccc(S(=O)(=O)Oc2ccc(C=NN=C3NC(=O)CS3)cc2)cc1. The average molecular weight is 405 g/mol. The Hall–Kier alpha value is -2.85. The molecule has 1 fully saturated rings. The van der Waals surface area contributed by atoms with Crippen LogP contribution in [0.15, 0.2) is 63.6 Å². The number of nitrogens with zero attached hydrogens (tertiary/aromatic N) is 2. The predicted molar refractivity (Wildman–Crippen MR) is 103 cm³/mol. The molecule has 0 unspecified atom stereocenters. The lowest BCUT2D eigenvalue weighted by molar-refractivity contribution is -0.116. The van der Waals surface area contributed by atoms with E-state index in [2.05, 4.69) is 15.5 Å². The molecule has 27 heavy (non-hydrogen) atoms. The largest absolute Gasteiger partial charge is 0.497 e. The van der Waals surface area contributed by atoms with Gasteiger partial charge in [-0.25, -0.2) is 0 Å². The maximum Gasteiger partial charge on any atom is 0.339 e. The van der Waals surface area contributed by atoms with Gasteiger partial charge in [0, 0.05) is 0 Å². The minimum absolute atomic E-state index is 0.0286. The zero-order valence-electron chi connectivity index (χ0n) is 14.2. The number of amides is 1. The predicted octanol–water partition coefficient (Wildman–Crippen LogP) is 2.02. The smallest absolute Gasteiger partial charge is 0.339 e. The molecule has 1 saturated heterocycles. The van der Waals surface area contributed by atoms with Gasteiger partial charge in [-0.05, 0) is 54.1 Å². The number of amidine groups is 1. The summed E-state index contributed by atoms with van der Waals surface area (Å²) in [6.07, 6.45) is 1.49. The summed E-state index contributed by atoms with van der Waals surface area (Å²) in [6, 6.07) is 12.2. The van der Waals surface area contributed by atoms with E-state index in [1.807, 2.05) is 0 Å². The third kappa shape index (κ3) is 5.08. The molecule has 8 nitrogen and oxygen atoms in total. The molecule has 0 atom stereocenters. The lowest BCUT2D eigenvalue weighted by atomic mass is 10.2. The van der Waals surface area contributed by atoms with E-state index in [0.717, 1.165) is 0 Å². The molecule has 1 amide bonds. The lowest BCUT2D eigenvalue weighted by Gasteiger charge is -2.07. The van der Waals surface area contributed by atoms with Gasteiger partial charge in [-0.1, -0.05) is 11.8 Å². The summed E-state index contributed by atoms with van der Waals surface area (Å²) in [6.45, 7) is 0. The number of thioether (sulfide) groups is 1. The van der Waals surface area contributed by atoms with Gasteiger partial charge in [0.2, 0.25) is 5.91 Å². The molecule has 10 heteroatoms. The van der Waals surface area contributed by atoms with Crippen LogP contribution in [0.4, 0.5) is 0 Å². The molecular weight excluding hydrogens is 390 g/mol. The zero-order chi connectivity index (χ0) is 19.3. The van der Waals surface area contributed by atoms with Crippen molar-refractivity contribution in [3.63, 3.8) is 0 Å². The Morgan fingerprint density at radius 3 is 2.33 bits per heavy atom. The number of rotatable bonds is 6. The van der Waals surface area contributed by atoms with Crippen LogP contribution in [0.3, 0.4) is 0 Å². The average Bonchev–Trinajstić information content (AvgIpc) is 3.08. The normalized spacial score (nSPS) is 15.9. The molecule has 0 saturated carbocycles. The van der Waals surface area contributed by atoms with E-state index in [1.165, 1.54) is 49.4 Å². The molecule has 0 bridgehead atoms. The zero-order valence-corrected chi connectivity index (χ0v) is 15.8.